The molecule has 0 aliphatic rings. The van der Waals surface area contributed by atoms with E-state index in [-0.39, 0.29) is 24.2 Å². The quantitative estimate of drug-likeness (QED) is 0.790. The van der Waals surface area contributed by atoms with Gasteiger partial charge in [-0.15, -0.1) is 12.4 Å². The number of hydrogen-bond donors (Lipinski definition) is 3. The summed E-state index contributed by atoms with van der Waals surface area (Å²) >= 11 is 0. The summed E-state index contributed by atoms with van der Waals surface area (Å²) in [6, 6.07) is 7.37. The summed E-state index contributed by atoms with van der Waals surface area (Å²) in [4.78, 5) is 15.7. The van der Waals surface area contributed by atoms with Gasteiger partial charge in [0, 0.05) is 23.7 Å². The number of nitrogens with one attached hydrogen (secondary N) is 2. The first-order chi connectivity index (χ1) is 8.70. The van der Waals surface area contributed by atoms with E-state index in [9.17, 15) is 4.79 Å². The van der Waals surface area contributed by atoms with Crippen LogP contribution in [0.25, 0.3) is 11.4 Å². The number of anilines is 1. The average Bonchev–Trinajstić information content (AvgIpc) is 2.92. The van der Waals surface area contributed by atoms with Gasteiger partial charge in [0.05, 0.1) is 0 Å². The van der Waals surface area contributed by atoms with Crippen molar-refractivity contribution in [2.45, 2.75) is 6.92 Å². The molecule has 1 amide bonds. The SMILES string of the molecule is CC(CN)C(=O)Nc1ccc(-c2ncn[nH]2)cc1.Cl. The van der Waals surface area contributed by atoms with Crippen molar-refractivity contribution < 1.29 is 4.79 Å². The number of H-pyrrole nitrogens is 1. The zero-order valence-corrected chi connectivity index (χ0v) is 11.3. The van der Waals surface area contributed by atoms with E-state index in [1.807, 2.05) is 24.3 Å². The second-order valence-corrected chi connectivity index (χ2v) is 4.04. The molecule has 0 saturated heterocycles. The largest absolute Gasteiger partial charge is 0.330 e. The van der Waals surface area contributed by atoms with E-state index in [0.717, 1.165) is 11.3 Å². The van der Waals surface area contributed by atoms with Crippen LogP contribution >= 0.6 is 12.4 Å². The van der Waals surface area contributed by atoms with E-state index < -0.39 is 0 Å². The molecule has 1 unspecified atom stereocenters. The second kappa shape index (κ2) is 6.86. The van der Waals surface area contributed by atoms with Gasteiger partial charge in [-0.3, -0.25) is 9.89 Å². The van der Waals surface area contributed by atoms with E-state index in [0.29, 0.717) is 12.4 Å². The highest BCUT2D eigenvalue weighted by Crippen LogP contribution is 2.17. The van der Waals surface area contributed by atoms with Gasteiger partial charge in [0.1, 0.15) is 6.33 Å². The third-order valence-corrected chi connectivity index (χ3v) is 2.64. The maximum atomic E-state index is 11.6. The van der Waals surface area contributed by atoms with Crippen LogP contribution in [0.2, 0.25) is 0 Å². The number of carbonyl (C=O) groups excluding carboxylic acids is 1. The second-order valence-electron chi connectivity index (χ2n) is 4.04. The molecule has 2 rings (SSSR count). The predicted molar refractivity (Wildman–Crippen MR) is 75.9 cm³/mol. The molecule has 19 heavy (non-hydrogen) atoms. The van der Waals surface area contributed by atoms with E-state index >= 15 is 0 Å². The molecular formula is C12H16ClN5O. The standard InChI is InChI=1S/C12H15N5O.ClH/c1-8(6-13)12(18)16-10-4-2-9(3-5-10)11-14-7-15-17-11;/h2-5,7-8H,6,13H2,1H3,(H,16,18)(H,14,15,17);1H. The molecule has 0 saturated carbocycles. The zero-order chi connectivity index (χ0) is 13.0. The minimum atomic E-state index is -0.195. The van der Waals surface area contributed by atoms with Gasteiger partial charge < -0.3 is 11.1 Å². The van der Waals surface area contributed by atoms with Crippen LogP contribution in [-0.4, -0.2) is 27.6 Å². The van der Waals surface area contributed by atoms with Crippen LogP contribution in [0, 0.1) is 5.92 Å². The van der Waals surface area contributed by atoms with E-state index in [4.69, 9.17) is 5.73 Å². The zero-order valence-electron chi connectivity index (χ0n) is 10.5. The molecule has 0 aliphatic carbocycles. The van der Waals surface area contributed by atoms with Crippen LogP contribution in [0.3, 0.4) is 0 Å². The Kier molecular flexibility index (Phi) is 5.47. The lowest BCUT2D eigenvalue weighted by Crippen LogP contribution is -2.26. The Bertz CT molecular complexity index is 511. The summed E-state index contributed by atoms with van der Waals surface area (Å²) in [6.07, 6.45) is 1.45. The molecule has 0 fully saturated rings. The van der Waals surface area contributed by atoms with Gasteiger partial charge in [0.25, 0.3) is 0 Å². The summed E-state index contributed by atoms with van der Waals surface area (Å²) in [5.41, 5.74) is 7.09. The van der Waals surface area contributed by atoms with Crippen molar-refractivity contribution in [3.05, 3.63) is 30.6 Å². The lowest BCUT2D eigenvalue weighted by atomic mass is 10.1. The average molecular weight is 282 g/mol. The van der Waals surface area contributed by atoms with Gasteiger partial charge in [0.2, 0.25) is 5.91 Å². The molecule has 2 aromatic rings. The maximum absolute atomic E-state index is 11.6. The van der Waals surface area contributed by atoms with Crippen molar-refractivity contribution in [3.8, 4) is 11.4 Å². The van der Waals surface area contributed by atoms with Gasteiger partial charge in [-0.25, -0.2) is 4.98 Å². The summed E-state index contributed by atoms with van der Waals surface area (Å²) < 4.78 is 0. The van der Waals surface area contributed by atoms with Crippen molar-refractivity contribution in [2.24, 2.45) is 11.7 Å². The molecule has 4 N–H and O–H groups in total. The normalized spacial score (nSPS) is 11.5. The van der Waals surface area contributed by atoms with Crippen LogP contribution in [0.15, 0.2) is 30.6 Å². The Morgan fingerprint density at radius 3 is 2.63 bits per heavy atom. The predicted octanol–water partition coefficient (Wildman–Crippen LogP) is 1.43. The first kappa shape index (κ1) is 15.1. The Hall–Kier alpha value is -1.92. The Morgan fingerprint density at radius 1 is 1.42 bits per heavy atom. The van der Waals surface area contributed by atoms with E-state index in [1.54, 1.807) is 6.92 Å². The van der Waals surface area contributed by atoms with Crippen molar-refractivity contribution >= 4 is 24.0 Å². The number of carbonyl (C=O) groups is 1. The minimum Gasteiger partial charge on any atom is -0.330 e. The summed E-state index contributed by atoms with van der Waals surface area (Å²) in [6.45, 7) is 2.13. The third-order valence-electron chi connectivity index (χ3n) is 2.64. The number of halogens is 1. The Morgan fingerprint density at radius 2 is 2.11 bits per heavy atom. The number of rotatable bonds is 4. The number of nitrogens with zero attached hydrogens (tertiary/aromatic N) is 2. The number of amides is 1. The van der Waals surface area contributed by atoms with Crippen LogP contribution in [0.5, 0.6) is 0 Å². The molecule has 102 valence electrons. The van der Waals surface area contributed by atoms with Gasteiger partial charge in [-0.1, -0.05) is 6.92 Å². The van der Waals surface area contributed by atoms with Gasteiger partial charge in [-0.05, 0) is 24.3 Å². The molecule has 0 aliphatic heterocycles. The van der Waals surface area contributed by atoms with E-state index in [1.165, 1.54) is 6.33 Å². The minimum absolute atomic E-state index is 0. The lowest BCUT2D eigenvalue weighted by Gasteiger charge is -2.09. The fourth-order valence-electron chi connectivity index (χ4n) is 1.43. The molecule has 1 aromatic carbocycles. The first-order valence-electron chi connectivity index (χ1n) is 5.67. The molecule has 6 nitrogen and oxygen atoms in total. The van der Waals surface area contributed by atoms with Crippen molar-refractivity contribution in [2.75, 3.05) is 11.9 Å². The van der Waals surface area contributed by atoms with Gasteiger partial charge in [-0.2, -0.15) is 5.10 Å². The van der Waals surface area contributed by atoms with Gasteiger partial charge in [0.15, 0.2) is 5.82 Å². The molecule has 0 bridgehead atoms. The summed E-state index contributed by atoms with van der Waals surface area (Å²) in [5.74, 6) is 0.423. The highest BCUT2D eigenvalue weighted by Gasteiger charge is 2.10. The molecule has 0 spiro atoms. The summed E-state index contributed by atoms with van der Waals surface area (Å²) in [5, 5.41) is 9.36. The monoisotopic (exact) mass is 281 g/mol. The number of aromatic amines is 1. The smallest absolute Gasteiger partial charge is 0.228 e. The maximum Gasteiger partial charge on any atom is 0.228 e. The van der Waals surface area contributed by atoms with Crippen LogP contribution in [-0.2, 0) is 4.79 Å². The molecule has 1 aromatic heterocycles. The summed E-state index contributed by atoms with van der Waals surface area (Å²) in [7, 11) is 0. The van der Waals surface area contributed by atoms with Crippen LogP contribution in [0.1, 0.15) is 6.92 Å². The van der Waals surface area contributed by atoms with Crippen molar-refractivity contribution in [1.82, 2.24) is 15.2 Å². The van der Waals surface area contributed by atoms with Crippen molar-refractivity contribution in [3.63, 3.8) is 0 Å². The molecule has 1 heterocycles. The van der Waals surface area contributed by atoms with E-state index in [2.05, 4.69) is 20.5 Å². The topological polar surface area (TPSA) is 96.7 Å². The number of nitrogens with two attached hydrogens (primary N) is 1. The molecule has 7 heteroatoms. The molecular weight excluding hydrogens is 266 g/mol. The van der Waals surface area contributed by atoms with Crippen LogP contribution in [0.4, 0.5) is 5.69 Å². The fraction of sp³-hybridized carbons (Fsp3) is 0.250. The Balaban J connectivity index is 0.00000180. The lowest BCUT2D eigenvalue weighted by molar-refractivity contribution is -0.119. The number of benzene rings is 1. The van der Waals surface area contributed by atoms with Crippen molar-refractivity contribution in [1.29, 1.82) is 0 Å². The number of hydrogen-bond acceptors (Lipinski definition) is 4. The third kappa shape index (κ3) is 3.77. The highest BCUT2D eigenvalue weighted by atomic mass is 35.5. The first-order valence-corrected chi connectivity index (χ1v) is 5.67. The molecule has 1 atom stereocenters. The van der Waals surface area contributed by atoms with Crippen LogP contribution < -0.4 is 11.1 Å². The Labute approximate surface area is 117 Å². The molecule has 0 radical (unpaired) electrons. The van der Waals surface area contributed by atoms with Gasteiger partial charge >= 0.3 is 0 Å². The fourth-order valence-corrected chi connectivity index (χ4v) is 1.43. The number of aromatic nitrogens is 3. The highest BCUT2D eigenvalue weighted by molar-refractivity contribution is 5.92.